The van der Waals surface area contributed by atoms with Gasteiger partial charge in [-0.05, 0) is 12.8 Å². The van der Waals surface area contributed by atoms with Crippen LogP contribution in [0.3, 0.4) is 0 Å². The van der Waals surface area contributed by atoms with Crippen molar-refractivity contribution in [2.24, 2.45) is 0 Å². The highest BCUT2D eigenvalue weighted by Crippen LogP contribution is 2.17. The number of nitrogens with zero attached hydrogens (tertiary/aromatic N) is 2. The van der Waals surface area contributed by atoms with Crippen LogP contribution >= 0.6 is 0 Å². The van der Waals surface area contributed by atoms with Crippen LogP contribution in [0.1, 0.15) is 45.4 Å². The molecule has 0 radical (unpaired) electrons. The quantitative estimate of drug-likeness (QED) is 0.772. The third kappa shape index (κ3) is 4.72. The number of carbonyl (C=O) groups excluding carboxylic acids is 3. The average molecular weight is 295 g/mol. The van der Waals surface area contributed by atoms with Crippen LogP contribution in [0.25, 0.3) is 0 Å². The predicted octanol–water partition coefficient (Wildman–Crippen LogP) is 0.516. The fourth-order valence-corrected chi connectivity index (χ4v) is 3.05. The predicted molar refractivity (Wildman–Crippen MR) is 78.5 cm³/mol. The number of nitrogens with one attached hydrogen (secondary N) is 1. The molecule has 118 valence electrons. The summed E-state index contributed by atoms with van der Waals surface area (Å²) in [6, 6.07) is 0.244. The van der Waals surface area contributed by atoms with Crippen molar-refractivity contribution in [2.75, 3.05) is 26.2 Å². The molecule has 3 amide bonds. The maximum atomic E-state index is 12.1. The summed E-state index contributed by atoms with van der Waals surface area (Å²) in [5.74, 6) is -0.260. The molecule has 1 saturated heterocycles. The van der Waals surface area contributed by atoms with Crippen molar-refractivity contribution in [1.29, 1.82) is 0 Å². The number of rotatable bonds is 3. The van der Waals surface area contributed by atoms with E-state index in [2.05, 4.69) is 5.32 Å². The largest absolute Gasteiger partial charge is 0.353 e. The Labute approximate surface area is 125 Å². The van der Waals surface area contributed by atoms with E-state index < -0.39 is 0 Å². The van der Waals surface area contributed by atoms with Gasteiger partial charge >= 0.3 is 0 Å². The molecule has 2 aliphatic rings. The smallest absolute Gasteiger partial charge is 0.232 e. The van der Waals surface area contributed by atoms with Gasteiger partial charge in [0, 0.05) is 39.1 Å². The second-order valence-electron chi connectivity index (χ2n) is 5.97. The summed E-state index contributed by atoms with van der Waals surface area (Å²) in [5.41, 5.74) is 0. The Morgan fingerprint density at radius 2 is 1.52 bits per heavy atom. The van der Waals surface area contributed by atoms with Crippen molar-refractivity contribution in [3.8, 4) is 0 Å². The van der Waals surface area contributed by atoms with Crippen molar-refractivity contribution in [1.82, 2.24) is 15.1 Å². The summed E-state index contributed by atoms with van der Waals surface area (Å²) < 4.78 is 0. The van der Waals surface area contributed by atoms with Crippen LogP contribution in [-0.2, 0) is 14.4 Å². The summed E-state index contributed by atoms with van der Waals surface area (Å²) >= 11 is 0. The second-order valence-corrected chi connectivity index (χ2v) is 5.97. The Balaban J connectivity index is 1.71. The Kier molecular flexibility index (Phi) is 5.59. The lowest BCUT2D eigenvalue weighted by molar-refractivity contribution is -0.141. The molecule has 1 heterocycles. The van der Waals surface area contributed by atoms with Gasteiger partial charge in [0.15, 0.2) is 0 Å². The maximum absolute atomic E-state index is 12.1. The fraction of sp³-hybridized carbons (Fsp3) is 0.800. The number of hydrogen-bond acceptors (Lipinski definition) is 3. The summed E-state index contributed by atoms with van der Waals surface area (Å²) in [5, 5.41) is 2.96. The molecule has 6 nitrogen and oxygen atoms in total. The van der Waals surface area contributed by atoms with Crippen LogP contribution in [0.4, 0.5) is 0 Å². The van der Waals surface area contributed by atoms with Gasteiger partial charge < -0.3 is 15.1 Å². The monoisotopic (exact) mass is 295 g/mol. The summed E-state index contributed by atoms with van der Waals surface area (Å²) in [6.07, 6.45) is 5.54. The number of carbonyl (C=O) groups is 3. The van der Waals surface area contributed by atoms with E-state index in [4.69, 9.17) is 0 Å². The molecule has 1 aliphatic heterocycles. The first-order valence-corrected chi connectivity index (χ1v) is 7.89. The van der Waals surface area contributed by atoms with Crippen LogP contribution in [-0.4, -0.2) is 59.7 Å². The minimum absolute atomic E-state index is 0.0390. The fourth-order valence-electron chi connectivity index (χ4n) is 3.05. The van der Waals surface area contributed by atoms with Gasteiger partial charge in [-0.25, -0.2) is 0 Å². The molecular formula is C15H25N3O3. The van der Waals surface area contributed by atoms with Crippen LogP contribution in [0, 0.1) is 0 Å². The van der Waals surface area contributed by atoms with Crippen LogP contribution in [0.2, 0.25) is 0 Å². The van der Waals surface area contributed by atoms with Gasteiger partial charge in [-0.2, -0.15) is 0 Å². The van der Waals surface area contributed by atoms with Crippen molar-refractivity contribution < 1.29 is 14.4 Å². The highest BCUT2D eigenvalue weighted by molar-refractivity contribution is 5.97. The zero-order valence-electron chi connectivity index (χ0n) is 12.8. The van der Waals surface area contributed by atoms with Gasteiger partial charge in [-0.1, -0.05) is 19.3 Å². The molecule has 0 atom stereocenters. The third-order valence-electron chi connectivity index (χ3n) is 4.36. The lowest BCUT2D eigenvalue weighted by atomic mass is 9.95. The van der Waals surface area contributed by atoms with E-state index in [-0.39, 0.29) is 30.2 Å². The maximum Gasteiger partial charge on any atom is 0.232 e. The molecule has 6 heteroatoms. The van der Waals surface area contributed by atoms with Crippen molar-refractivity contribution in [2.45, 2.75) is 51.5 Å². The molecular weight excluding hydrogens is 270 g/mol. The molecule has 1 N–H and O–H groups in total. The molecule has 0 aromatic heterocycles. The van der Waals surface area contributed by atoms with Crippen molar-refractivity contribution >= 4 is 17.7 Å². The molecule has 1 saturated carbocycles. The van der Waals surface area contributed by atoms with Gasteiger partial charge in [0.05, 0.1) is 0 Å². The lowest BCUT2D eigenvalue weighted by Gasteiger charge is -2.34. The average Bonchev–Trinajstić information content (AvgIpc) is 2.48. The normalized spacial score (nSPS) is 20.2. The van der Waals surface area contributed by atoms with E-state index in [0.717, 1.165) is 25.7 Å². The first-order chi connectivity index (χ1) is 10.1. The number of hydrogen-bond donors (Lipinski definition) is 1. The lowest BCUT2D eigenvalue weighted by Crippen LogP contribution is -2.51. The zero-order valence-corrected chi connectivity index (χ0v) is 12.8. The first kappa shape index (κ1) is 15.8. The van der Waals surface area contributed by atoms with E-state index in [1.165, 1.54) is 13.3 Å². The van der Waals surface area contributed by atoms with Gasteiger partial charge in [0.2, 0.25) is 17.7 Å². The highest BCUT2D eigenvalue weighted by Gasteiger charge is 2.24. The minimum atomic E-state index is -0.166. The zero-order chi connectivity index (χ0) is 15.2. The molecule has 0 aromatic rings. The van der Waals surface area contributed by atoms with E-state index in [0.29, 0.717) is 26.2 Å². The third-order valence-corrected chi connectivity index (χ3v) is 4.36. The Morgan fingerprint density at radius 1 is 0.952 bits per heavy atom. The highest BCUT2D eigenvalue weighted by atomic mass is 16.2. The molecule has 0 aromatic carbocycles. The Bertz CT molecular complexity index is 397. The SMILES string of the molecule is CC(=O)N1CCN(C(=O)CC(=O)NC2CCCCC2)CC1. The van der Waals surface area contributed by atoms with Gasteiger partial charge in [0.1, 0.15) is 6.42 Å². The van der Waals surface area contributed by atoms with Crippen LogP contribution in [0.5, 0.6) is 0 Å². The summed E-state index contributed by atoms with van der Waals surface area (Å²) in [6.45, 7) is 3.70. The molecule has 2 rings (SSSR count). The van der Waals surface area contributed by atoms with Crippen LogP contribution < -0.4 is 5.32 Å². The number of piperazine rings is 1. The molecule has 0 unspecified atom stereocenters. The topological polar surface area (TPSA) is 69.7 Å². The molecule has 21 heavy (non-hydrogen) atoms. The summed E-state index contributed by atoms with van der Waals surface area (Å²) in [4.78, 5) is 38.6. The van der Waals surface area contributed by atoms with Gasteiger partial charge in [-0.15, -0.1) is 0 Å². The molecule has 1 aliphatic carbocycles. The Hall–Kier alpha value is -1.59. The molecule has 2 fully saturated rings. The second kappa shape index (κ2) is 7.43. The Morgan fingerprint density at radius 3 is 2.10 bits per heavy atom. The first-order valence-electron chi connectivity index (χ1n) is 7.89. The minimum Gasteiger partial charge on any atom is -0.353 e. The van der Waals surface area contributed by atoms with Gasteiger partial charge in [-0.3, -0.25) is 14.4 Å². The van der Waals surface area contributed by atoms with Crippen molar-refractivity contribution in [3.63, 3.8) is 0 Å². The van der Waals surface area contributed by atoms with E-state index in [1.54, 1.807) is 9.80 Å². The van der Waals surface area contributed by atoms with Gasteiger partial charge in [0.25, 0.3) is 0 Å². The summed E-state index contributed by atoms with van der Waals surface area (Å²) in [7, 11) is 0. The van der Waals surface area contributed by atoms with Crippen molar-refractivity contribution in [3.05, 3.63) is 0 Å². The van der Waals surface area contributed by atoms with E-state index in [1.807, 2.05) is 0 Å². The molecule has 0 spiro atoms. The van der Waals surface area contributed by atoms with E-state index >= 15 is 0 Å². The molecule has 0 bridgehead atoms. The van der Waals surface area contributed by atoms with E-state index in [9.17, 15) is 14.4 Å². The standard InChI is InChI=1S/C15H25N3O3/c1-12(19)17-7-9-18(10-8-17)15(21)11-14(20)16-13-5-3-2-4-6-13/h13H,2-11H2,1H3,(H,16,20). The number of amides is 3. The van der Waals surface area contributed by atoms with Crippen LogP contribution in [0.15, 0.2) is 0 Å².